The quantitative estimate of drug-likeness (QED) is 0.676. The third-order valence-electron chi connectivity index (χ3n) is 2.79. The first-order valence-corrected chi connectivity index (χ1v) is 6.36. The van der Waals surface area contributed by atoms with Crippen LogP contribution >= 0.6 is 0 Å². The Hall–Kier alpha value is -0.650. The molecule has 1 amide bonds. The number of hydrogen-bond acceptors (Lipinski definition) is 4. The van der Waals surface area contributed by atoms with Crippen molar-refractivity contribution in [1.82, 2.24) is 10.6 Å². The second-order valence-electron chi connectivity index (χ2n) is 4.41. The molecule has 2 N–H and O–H groups in total. The van der Waals surface area contributed by atoms with Gasteiger partial charge in [-0.05, 0) is 6.42 Å². The maximum atomic E-state index is 11.8. The lowest BCUT2D eigenvalue weighted by Gasteiger charge is -2.24. The second kappa shape index (κ2) is 8.44. The maximum Gasteiger partial charge on any atom is 0.222 e. The van der Waals surface area contributed by atoms with E-state index in [1.54, 1.807) is 7.11 Å². The number of amides is 1. The van der Waals surface area contributed by atoms with E-state index < -0.39 is 0 Å². The molecule has 1 saturated heterocycles. The van der Waals surface area contributed by atoms with Crippen molar-refractivity contribution in [3.05, 3.63) is 0 Å². The lowest BCUT2D eigenvalue weighted by molar-refractivity contribution is -0.125. The molecule has 1 heterocycles. The number of hydrogen-bond donors (Lipinski definition) is 2. The monoisotopic (exact) mass is 244 g/mol. The van der Waals surface area contributed by atoms with Crippen molar-refractivity contribution in [3.63, 3.8) is 0 Å². The van der Waals surface area contributed by atoms with E-state index in [1.165, 1.54) is 0 Å². The molecule has 1 fully saturated rings. The minimum Gasteiger partial charge on any atom is -0.383 e. The molecular formula is C12H24N2O3. The molecule has 5 heteroatoms. The van der Waals surface area contributed by atoms with Crippen LogP contribution in [0.5, 0.6) is 0 Å². The lowest BCUT2D eigenvalue weighted by Crippen LogP contribution is -2.44. The molecule has 1 aliphatic rings. The molecular weight excluding hydrogens is 220 g/mol. The largest absolute Gasteiger partial charge is 0.383 e. The molecule has 0 aromatic carbocycles. The third-order valence-corrected chi connectivity index (χ3v) is 2.79. The molecule has 100 valence electrons. The Bertz CT molecular complexity index is 212. The summed E-state index contributed by atoms with van der Waals surface area (Å²) in [4.78, 5) is 11.8. The van der Waals surface area contributed by atoms with Crippen molar-refractivity contribution >= 4 is 5.91 Å². The Morgan fingerprint density at radius 3 is 3.06 bits per heavy atom. The first kappa shape index (κ1) is 14.4. The van der Waals surface area contributed by atoms with Crippen LogP contribution in [0.25, 0.3) is 0 Å². The Labute approximate surface area is 103 Å². The molecule has 0 aliphatic carbocycles. The van der Waals surface area contributed by atoms with E-state index in [9.17, 15) is 4.79 Å². The predicted molar refractivity (Wildman–Crippen MR) is 65.9 cm³/mol. The molecule has 0 aromatic rings. The summed E-state index contributed by atoms with van der Waals surface area (Å²) in [6.45, 7) is 5.00. The summed E-state index contributed by atoms with van der Waals surface area (Å²) >= 11 is 0. The highest BCUT2D eigenvalue weighted by atomic mass is 16.5. The molecule has 0 radical (unpaired) electrons. The summed E-state index contributed by atoms with van der Waals surface area (Å²) in [7, 11) is 1.66. The van der Waals surface area contributed by atoms with Crippen molar-refractivity contribution in [2.45, 2.75) is 38.3 Å². The first-order valence-electron chi connectivity index (χ1n) is 6.36. The summed E-state index contributed by atoms with van der Waals surface area (Å²) < 4.78 is 10.6. The molecule has 0 saturated carbocycles. The van der Waals surface area contributed by atoms with Gasteiger partial charge in [-0.25, -0.2) is 0 Å². The molecule has 0 bridgehead atoms. The van der Waals surface area contributed by atoms with Crippen LogP contribution < -0.4 is 10.6 Å². The molecule has 5 nitrogen and oxygen atoms in total. The Kier molecular flexibility index (Phi) is 7.16. The highest BCUT2D eigenvalue weighted by Gasteiger charge is 2.19. The number of rotatable bonds is 7. The fourth-order valence-corrected chi connectivity index (χ4v) is 1.99. The number of ether oxygens (including phenoxy) is 2. The normalized spacial score (nSPS) is 22.1. The van der Waals surface area contributed by atoms with Gasteiger partial charge in [-0.15, -0.1) is 0 Å². The van der Waals surface area contributed by atoms with Gasteiger partial charge in [-0.1, -0.05) is 13.3 Å². The van der Waals surface area contributed by atoms with Gasteiger partial charge in [0.2, 0.25) is 5.91 Å². The van der Waals surface area contributed by atoms with E-state index in [4.69, 9.17) is 9.47 Å². The zero-order valence-corrected chi connectivity index (χ0v) is 10.8. The van der Waals surface area contributed by atoms with Crippen molar-refractivity contribution in [2.75, 3.05) is 33.4 Å². The Morgan fingerprint density at radius 1 is 1.65 bits per heavy atom. The van der Waals surface area contributed by atoms with Crippen LogP contribution in [-0.4, -0.2) is 51.5 Å². The zero-order valence-electron chi connectivity index (χ0n) is 10.8. The number of methoxy groups -OCH3 is 1. The standard InChI is InChI=1S/C12H24N2O3/c1-3-4-10(9-16-2)14-12(15)7-11-8-13-5-6-17-11/h10-11,13H,3-9H2,1-2H3,(H,14,15). The molecule has 1 aliphatic heterocycles. The average Bonchev–Trinajstić information content (AvgIpc) is 2.30. The van der Waals surface area contributed by atoms with Gasteiger partial charge in [-0.2, -0.15) is 0 Å². The van der Waals surface area contributed by atoms with Crippen molar-refractivity contribution < 1.29 is 14.3 Å². The van der Waals surface area contributed by atoms with Crippen LogP contribution in [0.3, 0.4) is 0 Å². The Balaban J connectivity index is 2.25. The summed E-state index contributed by atoms with van der Waals surface area (Å²) in [6.07, 6.45) is 2.42. The summed E-state index contributed by atoms with van der Waals surface area (Å²) in [6, 6.07) is 0.119. The summed E-state index contributed by atoms with van der Waals surface area (Å²) in [5.74, 6) is 0.0502. The van der Waals surface area contributed by atoms with Gasteiger partial charge < -0.3 is 20.1 Å². The fraction of sp³-hybridized carbons (Fsp3) is 0.917. The van der Waals surface area contributed by atoms with Crippen LogP contribution in [0, 0.1) is 0 Å². The topological polar surface area (TPSA) is 59.6 Å². The van der Waals surface area contributed by atoms with Gasteiger partial charge in [0.05, 0.1) is 31.8 Å². The zero-order chi connectivity index (χ0) is 12.5. The van der Waals surface area contributed by atoms with E-state index in [0.29, 0.717) is 19.6 Å². The number of nitrogens with one attached hydrogen (secondary N) is 2. The third kappa shape index (κ3) is 6.00. The van der Waals surface area contributed by atoms with Crippen molar-refractivity contribution in [3.8, 4) is 0 Å². The van der Waals surface area contributed by atoms with Crippen molar-refractivity contribution in [1.29, 1.82) is 0 Å². The van der Waals surface area contributed by atoms with Gasteiger partial charge in [0.25, 0.3) is 0 Å². The summed E-state index contributed by atoms with van der Waals surface area (Å²) in [5.41, 5.74) is 0. The SMILES string of the molecule is CCCC(COC)NC(=O)CC1CNCCO1. The van der Waals surface area contributed by atoms with Crippen LogP contribution in [0.1, 0.15) is 26.2 Å². The second-order valence-corrected chi connectivity index (χ2v) is 4.41. The van der Waals surface area contributed by atoms with Crippen molar-refractivity contribution in [2.24, 2.45) is 0 Å². The molecule has 0 aromatic heterocycles. The van der Waals surface area contributed by atoms with Gasteiger partial charge in [0.1, 0.15) is 0 Å². The molecule has 17 heavy (non-hydrogen) atoms. The smallest absolute Gasteiger partial charge is 0.222 e. The van der Waals surface area contributed by atoms with Crippen LogP contribution in [0.15, 0.2) is 0 Å². The highest BCUT2D eigenvalue weighted by molar-refractivity contribution is 5.76. The van der Waals surface area contributed by atoms with E-state index >= 15 is 0 Å². The van der Waals surface area contributed by atoms with Crippen LogP contribution in [0.4, 0.5) is 0 Å². The van der Waals surface area contributed by atoms with E-state index in [-0.39, 0.29) is 18.1 Å². The minimum atomic E-state index is 0.00794. The maximum absolute atomic E-state index is 11.8. The summed E-state index contributed by atoms with van der Waals surface area (Å²) in [5, 5.41) is 6.21. The number of carbonyl (C=O) groups excluding carboxylic acids is 1. The van der Waals surface area contributed by atoms with Gasteiger partial charge in [-0.3, -0.25) is 4.79 Å². The highest BCUT2D eigenvalue weighted by Crippen LogP contribution is 2.03. The van der Waals surface area contributed by atoms with E-state index in [2.05, 4.69) is 17.6 Å². The van der Waals surface area contributed by atoms with Gasteiger partial charge in [0.15, 0.2) is 0 Å². The van der Waals surface area contributed by atoms with Crippen LogP contribution in [0.2, 0.25) is 0 Å². The fourth-order valence-electron chi connectivity index (χ4n) is 1.99. The number of carbonyl (C=O) groups is 1. The molecule has 1 rings (SSSR count). The van der Waals surface area contributed by atoms with Gasteiger partial charge >= 0.3 is 0 Å². The van der Waals surface area contributed by atoms with E-state index in [1.807, 2.05) is 0 Å². The van der Waals surface area contributed by atoms with Gasteiger partial charge in [0, 0.05) is 20.2 Å². The predicted octanol–water partition coefficient (Wildman–Crippen LogP) is 0.296. The average molecular weight is 244 g/mol. The van der Waals surface area contributed by atoms with Crippen LogP contribution in [-0.2, 0) is 14.3 Å². The lowest BCUT2D eigenvalue weighted by atomic mass is 10.1. The van der Waals surface area contributed by atoms with E-state index in [0.717, 1.165) is 25.9 Å². The molecule has 0 spiro atoms. The number of morpholine rings is 1. The molecule has 2 atom stereocenters. The Morgan fingerprint density at radius 2 is 2.47 bits per heavy atom. The minimum absolute atomic E-state index is 0.00794. The first-order chi connectivity index (χ1) is 8.26. The molecule has 2 unspecified atom stereocenters.